The number of imide groups is 1. The standard InChI is InChI=1S/C24H27NO2/c1-14(2)18-7-8-20(15(3)4)21(13-18)19-11-16(5)24(17(6)12-19)25-22(26)9-10-23(25)27/h7-15H,1-6H3. The molecule has 0 N–H and O–H groups in total. The Morgan fingerprint density at radius 3 is 1.81 bits per heavy atom. The molecule has 3 nitrogen and oxygen atoms in total. The van der Waals surface area contributed by atoms with Gasteiger partial charge < -0.3 is 0 Å². The van der Waals surface area contributed by atoms with E-state index in [0.29, 0.717) is 17.5 Å². The summed E-state index contributed by atoms with van der Waals surface area (Å²) in [7, 11) is 0. The average molecular weight is 361 g/mol. The minimum atomic E-state index is -0.274. The molecule has 140 valence electrons. The summed E-state index contributed by atoms with van der Waals surface area (Å²) in [5.41, 5.74) is 7.53. The van der Waals surface area contributed by atoms with Crippen LogP contribution in [-0.4, -0.2) is 11.8 Å². The van der Waals surface area contributed by atoms with Crippen molar-refractivity contribution in [3.05, 3.63) is 64.7 Å². The third kappa shape index (κ3) is 3.46. The van der Waals surface area contributed by atoms with Crippen LogP contribution in [0, 0.1) is 13.8 Å². The van der Waals surface area contributed by atoms with Crippen LogP contribution in [0.15, 0.2) is 42.5 Å². The van der Waals surface area contributed by atoms with Gasteiger partial charge in [0, 0.05) is 12.2 Å². The molecule has 1 heterocycles. The van der Waals surface area contributed by atoms with Crippen molar-refractivity contribution in [3.8, 4) is 11.1 Å². The molecule has 2 aromatic rings. The van der Waals surface area contributed by atoms with Gasteiger partial charge in [-0.2, -0.15) is 0 Å². The van der Waals surface area contributed by atoms with E-state index < -0.39 is 0 Å². The molecule has 0 saturated carbocycles. The summed E-state index contributed by atoms with van der Waals surface area (Å²) in [6.45, 7) is 12.7. The highest BCUT2D eigenvalue weighted by Gasteiger charge is 2.28. The zero-order valence-corrected chi connectivity index (χ0v) is 17.0. The minimum Gasteiger partial charge on any atom is -0.269 e. The Bertz CT molecular complexity index is 910. The number of aryl methyl sites for hydroxylation is 2. The monoisotopic (exact) mass is 361 g/mol. The Kier molecular flexibility index (Phi) is 5.05. The first-order valence-corrected chi connectivity index (χ1v) is 9.52. The third-order valence-electron chi connectivity index (χ3n) is 5.20. The van der Waals surface area contributed by atoms with E-state index in [1.165, 1.54) is 33.7 Å². The van der Waals surface area contributed by atoms with E-state index in [9.17, 15) is 9.59 Å². The second-order valence-corrected chi connectivity index (χ2v) is 7.96. The lowest BCUT2D eigenvalue weighted by atomic mass is 9.87. The van der Waals surface area contributed by atoms with E-state index in [1.807, 2.05) is 13.8 Å². The van der Waals surface area contributed by atoms with Gasteiger partial charge in [0.1, 0.15) is 0 Å². The zero-order chi connectivity index (χ0) is 19.9. The Morgan fingerprint density at radius 1 is 0.778 bits per heavy atom. The number of rotatable bonds is 4. The van der Waals surface area contributed by atoms with Crippen molar-refractivity contribution in [2.45, 2.75) is 53.4 Å². The van der Waals surface area contributed by atoms with Crippen LogP contribution in [0.5, 0.6) is 0 Å². The number of hydrogen-bond donors (Lipinski definition) is 0. The topological polar surface area (TPSA) is 37.4 Å². The van der Waals surface area contributed by atoms with Gasteiger partial charge in [-0.1, -0.05) is 45.9 Å². The number of nitrogens with zero attached hydrogens (tertiary/aromatic N) is 1. The first-order valence-electron chi connectivity index (χ1n) is 9.52. The molecule has 2 amide bonds. The van der Waals surface area contributed by atoms with Crippen LogP contribution in [0.2, 0.25) is 0 Å². The van der Waals surface area contributed by atoms with Gasteiger partial charge in [-0.3, -0.25) is 9.59 Å². The molecule has 0 bridgehead atoms. The summed E-state index contributed by atoms with van der Waals surface area (Å²) in [6.07, 6.45) is 2.66. The van der Waals surface area contributed by atoms with E-state index >= 15 is 0 Å². The molecule has 3 heteroatoms. The molecule has 0 aromatic heterocycles. The van der Waals surface area contributed by atoms with Gasteiger partial charge >= 0.3 is 0 Å². The predicted molar refractivity (Wildman–Crippen MR) is 111 cm³/mol. The zero-order valence-electron chi connectivity index (χ0n) is 17.0. The summed E-state index contributed by atoms with van der Waals surface area (Å²) in [4.78, 5) is 25.5. The maximum absolute atomic E-state index is 12.1. The van der Waals surface area contributed by atoms with Crippen LogP contribution in [-0.2, 0) is 9.59 Å². The Labute approximate surface area is 161 Å². The van der Waals surface area contributed by atoms with E-state index in [4.69, 9.17) is 0 Å². The van der Waals surface area contributed by atoms with Gasteiger partial charge in [0.05, 0.1) is 5.69 Å². The highest BCUT2D eigenvalue weighted by atomic mass is 16.2. The summed E-state index contributed by atoms with van der Waals surface area (Å²) >= 11 is 0. The quantitative estimate of drug-likeness (QED) is 0.660. The van der Waals surface area contributed by atoms with Gasteiger partial charge in [-0.25, -0.2) is 4.90 Å². The van der Waals surface area contributed by atoms with E-state index in [1.54, 1.807) is 0 Å². The highest BCUT2D eigenvalue weighted by Crippen LogP contribution is 2.37. The molecular weight excluding hydrogens is 334 g/mol. The number of anilines is 1. The van der Waals surface area contributed by atoms with Crippen LogP contribution in [0.25, 0.3) is 11.1 Å². The largest absolute Gasteiger partial charge is 0.269 e. The lowest BCUT2D eigenvalue weighted by molar-refractivity contribution is -0.120. The molecule has 27 heavy (non-hydrogen) atoms. The van der Waals surface area contributed by atoms with Crippen LogP contribution in [0.4, 0.5) is 5.69 Å². The molecule has 3 rings (SSSR count). The molecule has 0 radical (unpaired) electrons. The molecular formula is C24H27NO2. The summed E-state index contributed by atoms with van der Waals surface area (Å²) in [6, 6.07) is 10.9. The number of carbonyl (C=O) groups excluding carboxylic acids is 2. The maximum atomic E-state index is 12.1. The molecule has 1 aliphatic rings. The smallest absolute Gasteiger partial charge is 0.258 e. The van der Waals surface area contributed by atoms with Crippen LogP contribution in [0.1, 0.15) is 61.8 Å². The molecule has 0 unspecified atom stereocenters. The average Bonchev–Trinajstić information content (AvgIpc) is 2.92. The normalized spacial score (nSPS) is 14.1. The van der Waals surface area contributed by atoms with Gasteiger partial charge in [0.15, 0.2) is 0 Å². The van der Waals surface area contributed by atoms with Gasteiger partial charge in [0.25, 0.3) is 11.8 Å². The number of benzene rings is 2. The van der Waals surface area contributed by atoms with Crippen LogP contribution in [0.3, 0.4) is 0 Å². The maximum Gasteiger partial charge on any atom is 0.258 e. The molecule has 0 saturated heterocycles. The van der Waals surface area contributed by atoms with Crippen molar-refractivity contribution in [1.29, 1.82) is 0 Å². The molecule has 0 aliphatic carbocycles. The predicted octanol–water partition coefficient (Wildman–Crippen LogP) is 5.65. The van der Waals surface area contributed by atoms with Crippen molar-refractivity contribution in [3.63, 3.8) is 0 Å². The second-order valence-electron chi connectivity index (χ2n) is 7.96. The van der Waals surface area contributed by atoms with E-state index in [-0.39, 0.29) is 11.8 Å². The Morgan fingerprint density at radius 2 is 1.33 bits per heavy atom. The summed E-state index contributed by atoms with van der Waals surface area (Å²) < 4.78 is 0. The van der Waals surface area contributed by atoms with Gasteiger partial charge in [-0.15, -0.1) is 0 Å². The van der Waals surface area contributed by atoms with Gasteiger partial charge in [-0.05, 0) is 71.2 Å². The highest BCUT2D eigenvalue weighted by molar-refractivity contribution is 6.28. The van der Waals surface area contributed by atoms with Crippen molar-refractivity contribution in [2.75, 3.05) is 4.90 Å². The first-order chi connectivity index (χ1) is 12.7. The van der Waals surface area contributed by atoms with E-state index in [0.717, 1.165) is 16.7 Å². The molecule has 2 aromatic carbocycles. The lowest BCUT2D eigenvalue weighted by Gasteiger charge is -2.22. The fraction of sp³-hybridized carbons (Fsp3) is 0.333. The molecule has 0 spiro atoms. The summed E-state index contributed by atoms with van der Waals surface area (Å²) in [5, 5.41) is 0. The van der Waals surface area contributed by atoms with Crippen molar-refractivity contribution < 1.29 is 9.59 Å². The first kappa shape index (κ1) is 19.1. The fourth-order valence-electron chi connectivity index (χ4n) is 3.77. The molecule has 0 fully saturated rings. The van der Waals surface area contributed by atoms with Crippen LogP contribution < -0.4 is 4.90 Å². The Balaban J connectivity index is 2.16. The van der Waals surface area contributed by atoms with Crippen molar-refractivity contribution >= 4 is 17.5 Å². The van der Waals surface area contributed by atoms with Crippen molar-refractivity contribution in [2.24, 2.45) is 0 Å². The number of amides is 2. The van der Waals surface area contributed by atoms with Crippen molar-refractivity contribution in [1.82, 2.24) is 0 Å². The SMILES string of the molecule is Cc1cc(-c2cc(C(C)C)ccc2C(C)C)cc(C)c1N1C(=O)C=CC1=O. The molecule has 0 atom stereocenters. The van der Waals surface area contributed by atoms with Crippen LogP contribution >= 0.6 is 0 Å². The fourth-order valence-corrected chi connectivity index (χ4v) is 3.77. The number of carbonyl (C=O) groups is 2. The third-order valence-corrected chi connectivity index (χ3v) is 5.20. The summed E-state index contributed by atoms with van der Waals surface area (Å²) in [5.74, 6) is 0.317. The minimum absolute atomic E-state index is 0.274. The lowest BCUT2D eigenvalue weighted by Crippen LogP contribution is -2.31. The molecule has 1 aliphatic heterocycles. The van der Waals surface area contributed by atoms with E-state index in [2.05, 4.69) is 58.0 Å². The Hall–Kier alpha value is -2.68. The van der Waals surface area contributed by atoms with Gasteiger partial charge in [0.2, 0.25) is 0 Å². The second kappa shape index (κ2) is 7.15. The number of hydrogen-bond acceptors (Lipinski definition) is 2.